The van der Waals surface area contributed by atoms with Gasteiger partial charge in [0.25, 0.3) is 0 Å². The maximum Gasteiger partial charge on any atom is 0.155 e. The van der Waals surface area contributed by atoms with Gasteiger partial charge < -0.3 is 5.32 Å². The smallest absolute Gasteiger partial charge is 0.155 e. The van der Waals surface area contributed by atoms with Gasteiger partial charge in [-0.15, -0.1) is 0 Å². The van der Waals surface area contributed by atoms with Crippen molar-refractivity contribution >= 4 is 5.69 Å². The topological polar surface area (TPSA) is 60.6 Å². The number of aromatic nitrogens is 5. The van der Waals surface area contributed by atoms with E-state index in [0.717, 1.165) is 29.2 Å². The van der Waals surface area contributed by atoms with Crippen LogP contribution >= 0.6 is 0 Å². The number of aryl methyl sites for hydroxylation is 1. The molecule has 3 aromatic heterocycles. The van der Waals surface area contributed by atoms with Gasteiger partial charge in [0.05, 0.1) is 6.20 Å². The molecule has 0 aliphatic heterocycles. The van der Waals surface area contributed by atoms with Gasteiger partial charge in [-0.2, -0.15) is 10.2 Å². The molecule has 6 nitrogen and oxygen atoms in total. The quantitative estimate of drug-likeness (QED) is 0.786. The Morgan fingerprint density at radius 1 is 1.23 bits per heavy atom. The fourth-order valence-corrected chi connectivity index (χ4v) is 2.31. The van der Waals surface area contributed by atoms with Crippen LogP contribution in [-0.2, 0) is 6.54 Å². The van der Waals surface area contributed by atoms with E-state index in [9.17, 15) is 0 Å². The lowest BCUT2D eigenvalue weighted by Crippen LogP contribution is -2.11. The largest absolute Gasteiger partial charge is 0.382 e. The molecular formula is C16H20N6. The highest BCUT2D eigenvalue weighted by Crippen LogP contribution is 2.29. The number of pyridine rings is 1. The van der Waals surface area contributed by atoms with Crippen LogP contribution in [0.15, 0.2) is 43.1 Å². The minimum absolute atomic E-state index is 0.327. The van der Waals surface area contributed by atoms with Gasteiger partial charge in [0.1, 0.15) is 0 Å². The number of rotatable bonds is 5. The molecule has 0 saturated carbocycles. The summed E-state index contributed by atoms with van der Waals surface area (Å²) in [6, 6.07) is 4.23. The molecular weight excluding hydrogens is 276 g/mol. The number of hydrogen-bond acceptors (Lipinski definition) is 4. The van der Waals surface area contributed by atoms with Crippen LogP contribution in [0.3, 0.4) is 0 Å². The van der Waals surface area contributed by atoms with Crippen molar-refractivity contribution in [1.82, 2.24) is 24.5 Å². The summed E-state index contributed by atoms with van der Waals surface area (Å²) in [7, 11) is 0. The molecule has 1 N–H and O–H groups in total. The summed E-state index contributed by atoms with van der Waals surface area (Å²) in [6.07, 6.45) is 9.42. The van der Waals surface area contributed by atoms with E-state index in [2.05, 4.69) is 41.3 Å². The highest BCUT2D eigenvalue weighted by molar-refractivity contribution is 5.77. The van der Waals surface area contributed by atoms with Crippen molar-refractivity contribution in [2.75, 3.05) is 5.32 Å². The molecule has 0 bridgehead atoms. The molecule has 0 spiro atoms. The second kappa shape index (κ2) is 6.01. The third-order valence-corrected chi connectivity index (χ3v) is 3.34. The van der Waals surface area contributed by atoms with E-state index in [1.54, 1.807) is 10.9 Å². The third-order valence-electron chi connectivity index (χ3n) is 3.34. The van der Waals surface area contributed by atoms with Crippen LogP contribution in [0.2, 0.25) is 0 Å². The van der Waals surface area contributed by atoms with E-state index in [-0.39, 0.29) is 0 Å². The predicted octanol–water partition coefficient (Wildman–Crippen LogP) is 2.97. The average molecular weight is 296 g/mol. The van der Waals surface area contributed by atoms with Gasteiger partial charge in [0.2, 0.25) is 0 Å². The third kappa shape index (κ3) is 2.86. The molecule has 3 rings (SSSR count). The van der Waals surface area contributed by atoms with Crippen LogP contribution in [0.1, 0.15) is 20.8 Å². The SMILES string of the molecule is CCn1cc(-c2cnc(-n3cccn3)cc2NC(C)C)cn1. The summed E-state index contributed by atoms with van der Waals surface area (Å²) in [4.78, 5) is 4.52. The molecule has 3 aromatic rings. The zero-order valence-electron chi connectivity index (χ0n) is 13.1. The van der Waals surface area contributed by atoms with Crippen molar-refractivity contribution in [3.63, 3.8) is 0 Å². The zero-order valence-corrected chi connectivity index (χ0v) is 13.1. The Hall–Kier alpha value is -2.63. The number of nitrogens with one attached hydrogen (secondary N) is 1. The summed E-state index contributed by atoms with van der Waals surface area (Å²) in [5.41, 5.74) is 3.14. The van der Waals surface area contributed by atoms with Crippen LogP contribution in [0.4, 0.5) is 5.69 Å². The Kier molecular flexibility index (Phi) is 3.91. The molecule has 0 atom stereocenters. The van der Waals surface area contributed by atoms with Gasteiger partial charge in [0, 0.05) is 60.3 Å². The molecule has 6 heteroatoms. The second-order valence-corrected chi connectivity index (χ2v) is 5.42. The number of hydrogen-bond donors (Lipinski definition) is 1. The van der Waals surface area contributed by atoms with E-state index in [0.29, 0.717) is 6.04 Å². The van der Waals surface area contributed by atoms with Crippen molar-refractivity contribution in [2.45, 2.75) is 33.4 Å². The molecule has 114 valence electrons. The minimum atomic E-state index is 0.327. The lowest BCUT2D eigenvalue weighted by atomic mass is 10.1. The zero-order chi connectivity index (χ0) is 15.5. The van der Waals surface area contributed by atoms with Crippen LogP contribution in [-0.4, -0.2) is 30.6 Å². The molecule has 0 unspecified atom stereocenters. The van der Waals surface area contributed by atoms with E-state index in [1.165, 1.54) is 0 Å². The highest BCUT2D eigenvalue weighted by Gasteiger charge is 2.11. The Balaban J connectivity index is 2.05. The lowest BCUT2D eigenvalue weighted by Gasteiger charge is -2.15. The molecule has 22 heavy (non-hydrogen) atoms. The van der Waals surface area contributed by atoms with Gasteiger partial charge >= 0.3 is 0 Å². The first-order valence-corrected chi connectivity index (χ1v) is 7.46. The van der Waals surface area contributed by atoms with Crippen molar-refractivity contribution in [2.24, 2.45) is 0 Å². The first-order valence-electron chi connectivity index (χ1n) is 7.46. The first kappa shape index (κ1) is 14.3. The first-order chi connectivity index (χ1) is 10.7. The van der Waals surface area contributed by atoms with E-state index < -0.39 is 0 Å². The monoisotopic (exact) mass is 296 g/mol. The van der Waals surface area contributed by atoms with Gasteiger partial charge in [-0.25, -0.2) is 9.67 Å². The van der Waals surface area contributed by atoms with Crippen LogP contribution in [0, 0.1) is 0 Å². The fourth-order valence-electron chi connectivity index (χ4n) is 2.31. The maximum atomic E-state index is 4.52. The standard InChI is InChI=1S/C16H20N6/c1-4-21-11-13(9-19-21)14-10-17-16(22-7-5-6-18-22)8-15(14)20-12(2)3/h5-12H,4H2,1-3H3,(H,17,20). The Labute approximate surface area is 129 Å². The van der Waals surface area contributed by atoms with Crippen molar-refractivity contribution in [3.05, 3.63) is 43.1 Å². The summed E-state index contributed by atoms with van der Waals surface area (Å²) in [5, 5.41) is 12.1. The normalized spacial score (nSPS) is 11.1. The molecule has 0 saturated heterocycles. The predicted molar refractivity (Wildman–Crippen MR) is 87.0 cm³/mol. The number of nitrogens with zero attached hydrogens (tertiary/aromatic N) is 5. The summed E-state index contributed by atoms with van der Waals surface area (Å²) >= 11 is 0. The molecule has 0 radical (unpaired) electrons. The second-order valence-electron chi connectivity index (χ2n) is 5.42. The van der Waals surface area contributed by atoms with Crippen molar-refractivity contribution in [3.8, 4) is 16.9 Å². The Bertz CT molecular complexity index is 742. The molecule has 3 heterocycles. The van der Waals surface area contributed by atoms with E-state index >= 15 is 0 Å². The van der Waals surface area contributed by atoms with Crippen molar-refractivity contribution < 1.29 is 0 Å². The van der Waals surface area contributed by atoms with E-state index in [4.69, 9.17) is 0 Å². The molecule has 0 aliphatic carbocycles. The Morgan fingerprint density at radius 2 is 2.09 bits per heavy atom. The van der Waals surface area contributed by atoms with Gasteiger partial charge in [-0.3, -0.25) is 4.68 Å². The van der Waals surface area contributed by atoms with Crippen LogP contribution < -0.4 is 5.32 Å². The molecule has 0 aromatic carbocycles. The highest BCUT2D eigenvalue weighted by atomic mass is 15.3. The minimum Gasteiger partial charge on any atom is -0.382 e. The number of anilines is 1. The van der Waals surface area contributed by atoms with Gasteiger partial charge in [-0.1, -0.05) is 0 Å². The fraction of sp³-hybridized carbons (Fsp3) is 0.312. The van der Waals surface area contributed by atoms with E-state index in [1.807, 2.05) is 41.6 Å². The molecule has 0 amide bonds. The maximum absolute atomic E-state index is 4.52. The van der Waals surface area contributed by atoms with Crippen LogP contribution in [0.5, 0.6) is 0 Å². The summed E-state index contributed by atoms with van der Waals surface area (Å²) < 4.78 is 3.67. The average Bonchev–Trinajstić information content (AvgIpc) is 3.18. The summed E-state index contributed by atoms with van der Waals surface area (Å²) in [6.45, 7) is 7.16. The Morgan fingerprint density at radius 3 is 2.73 bits per heavy atom. The van der Waals surface area contributed by atoms with Gasteiger partial charge in [-0.05, 0) is 26.8 Å². The lowest BCUT2D eigenvalue weighted by molar-refractivity contribution is 0.660. The summed E-state index contributed by atoms with van der Waals surface area (Å²) in [5.74, 6) is 0.791. The van der Waals surface area contributed by atoms with Crippen molar-refractivity contribution in [1.29, 1.82) is 0 Å². The molecule has 0 fully saturated rings. The van der Waals surface area contributed by atoms with Crippen LogP contribution in [0.25, 0.3) is 16.9 Å². The van der Waals surface area contributed by atoms with Gasteiger partial charge in [0.15, 0.2) is 5.82 Å². The molecule has 0 aliphatic rings.